The number of fused-ring (bicyclic) bond motifs is 1. The monoisotopic (exact) mass is 430 g/mol. The number of unbranched alkanes of at least 4 members (excludes halogenated alkanes) is 5. The highest BCUT2D eigenvalue weighted by atomic mass is 127. The number of halogens is 1. The van der Waals surface area contributed by atoms with Crippen molar-refractivity contribution in [3.63, 3.8) is 0 Å². The number of nitrogens with zero attached hydrogens (tertiary/aromatic N) is 4. The molecule has 7 heteroatoms. The molecule has 0 unspecified atom stereocenters. The summed E-state index contributed by atoms with van der Waals surface area (Å²) < 4.78 is 1.78. The van der Waals surface area contributed by atoms with Crippen molar-refractivity contribution >= 4 is 35.6 Å². The third-order valence-corrected chi connectivity index (χ3v) is 3.62. The van der Waals surface area contributed by atoms with Gasteiger partial charge in [0.05, 0.1) is 18.4 Å². The third kappa shape index (κ3) is 6.72. The molecule has 0 aliphatic carbocycles. The van der Waals surface area contributed by atoms with Gasteiger partial charge in [0.1, 0.15) is 0 Å². The Morgan fingerprint density at radius 2 is 1.96 bits per heavy atom. The van der Waals surface area contributed by atoms with E-state index < -0.39 is 0 Å². The highest BCUT2D eigenvalue weighted by Gasteiger charge is 2.01. The van der Waals surface area contributed by atoms with Crippen molar-refractivity contribution in [3.8, 4) is 0 Å². The van der Waals surface area contributed by atoms with E-state index >= 15 is 0 Å². The minimum Gasteiger partial charge on any atom is -0.370 e. The minimum atomic E-state index is 0. The zero-order chi connectivity index (χ0) is 15.6. The van der Waals surface area contributed by atoms with Crippen LogP contribution < -0.4 is 11.1 Å². The molecule has 0 bridgehead atoms. The molecule has 2 aromatic heterocycles. The van der Waals surface area contributed by atoms with Gasteiger partial charge in [-0.15, -0.1) is 24.0 Å². The van der Waals surface area contributed by atoms with Gasteiger partial charge in [0.2, 0.25) is 0 Å². The molecule has 23 heavy (non-hydrogen) atoms. The van der Waals surface area contributed by atoms with Gasteiger partial charge in [0.25, 0.3) is 0 Å². The summed E-state index contributed by atoms with van der Waals surface area (Å²) in [6, 6.07) is 3.78. The van der Waals surface area contributed by atoms with Crippen LogP contribution in [-0.4, -0.2) is 27.1 Å². The first-order valence-electron chi connectivity index (χ1n) is 8.12. The number of aromatic nitrogens is 3. The summed E-state index contributed by atoms with van der Waals surface area (Å²) in [4.78, 5) is 8.59. The smallest absolute Gasteiger partial charge is 0.188 e. The Hall–Kier alpha value is -1.38. The van der Waals surface area contributed by atoms with Crippen molar-refractivity contribution in [2.45, 2.75) is 52.0 Å². The molecular weight excluding hydrogens is 403 g/mol. The second-order valence-electron chi connectivity index (χ2n) is 5.43. The van der Waals surface area contributed by atoms with E-state index in [9.17, 15) is 0 Å². The fourth-order valence-electron chi connectivity index (χ4n) is 2.35. The van der Waals surface area contributed by atoms with Crippen LogP contribution in [0, 0.1) is 0 Å². The summed E-state index contributed by atoms with van der Waals surface area (Å²) in [5.41, 5.74) is 7.69. The van der Waals surface area contributed by atoms with Crippen LogP contribution in [0.25, 0.3) is 5.65 Å². The van der Waals surface area contributed by atoms with Crippen LogP contribution in [0.5, 0.6) is 0 Å². The van der Waals surface area contributed by atoms with Gasteiger partial charge in [-0.05, 0) is 12.5 Å². The average Bonchev–Trinajstić information content (AvgIpc) is 3.01. The number of rotatable bonds is 9. The SMILES string of the molecule is CCCCCCCCNC(N)=NCc1ccnc2ccnn12.I. The van der Waals surface area contributed by atoms with Crippen LogP contribution in [0.2, 0.25) is 0 Å². The topological polar surface area (TPSA) is 80.6 Å². The summed E-state index contributed by atoms with van der Waals surface area (Å²) >= 11 is 0. The molecule has 128 valence electrons. The molecule has 0 spiro atoms. The van der Waals surface area contributed by atoms with Crippen molar-refractivity contribution in [2.75, 3.05) is 6.54 Å². The normalized spacial score (nSPS) is 11.4. The van der Waals surface area contributed by atoms with Gasteiger partial charge in [-0.1, -0.05) is 39.0 Å². The number of aliphatic imine (C=N–C) groups is 1. The van der Waals surface area contributed by atoms with Gasteiger partial charge >= 0.3 is 0 Å². The van der Waals surface area contributed by atoms with Crippen molar-refractivity contribution in [3.05, 3.63) is 30.2 Å². The molecule has 2 heterocycles. The second kappa shape index (κ2) is 11.2. The fourth-order valence-corrected chi connectivity index (χ4v) is 2.35. The van der Waals surface area contributed by atoms with E-state index in [0.717, 1.165) is 24.3 Å². The van der Waals surface area contributed by atoms with E-state index in [4.69, 9.17) is 5.73 Å². The van der Waals surface area contributed by atoms with Gasteiger partial charge in [-0.2, -0.15) is 5.10 Å². The van der Waals surface area contributed by atoms with Crippen LogP contribution in [0.3, 0.4) is 0 Å². The van der Waals surface area contributed by atoms with Crippen LogP contribution in [-0.2, 0) is 6.54 Å². The van der Waals surface area contributed by atoms with Gasteiger partial charge in [-0.25, -0.2) is 14.5 Å². The van der Waals surface area contributed by atoms with Gasteiger partial charge in [0, 0.05) is 18.8 Å². The average molecular weight is 430 g/mol. The van der Waals surface area contributed by atoms with E-state index in [1.807, 2.05) is 12.1 Å². The molecule has 0 fully saturated rings. The first kappa shape index (κ1) is 19.7. The molecule has 0 saturated carbocycles. The lowest BCUT2D eigenvalue weighted by atomic mass is 10.1. The predicted molar refractivity (Wildman–Crippen MR) is 105 cm³/mol. The summed E-state index contributed by atoms with van der Waals surface area (Å²) in [7, 11) is 0. The molecule has 2 aromatic rings. The summed E-state index contributed by atoms with van der Waals surface area (Å²) in [6.07, 6.45) is 11.2. The Balaban J connectivity index is 0.00000264. The van der Waals surface area contributed by atoms with Crippen LogP contribution in [0.1, 0.15) is 51.1 Å². The maximum atomic E-state index is 5.90. The molecule has 6 nitrogen and oxygen atoms in total. The summed E-state index contributed by atoms with van der Waals surface area (Å²) in [5, 5.41) is 7.40. The van der Waals surface area contributed by atoms with Crippen molar-refractivity contribution in [1.29, 1.82) is 0 Å². The van der Waals surface area contributed by atoms with Gasteiger partial charge in [0.15, 0.2) is 11.6 Å². The predicted octanol–water partition coefficient (Wildman–Crippen LogP) is 3.11. The number of nitrogens with one attached hydrogen (secondary N) is 1. The lowest BCUT2D eigenvalue weighted by Crippen LogP contribution is -2.32. The van der Waals surface area contributed by atoms with E-state index in [2.05, 4.69) is 27.3 Å². The molecule has 0 atom stereocenters. The quantitative estimate of drug-likeness (QED) is 0.277. The largest absolute Gasteiger partial charge is 0.370 e. The van der Waals surface area contributed by atoms with Crippen molar-refractivity contribution in [2.24, 2.45) is 10.7 Å². The number of guanidine groups is 1. The molecule has 0 saturated heterocycles. The molecule has 0 aliphatic rings. The Labute approximate surface area is 155 Å². The summed E-state index contributed by atoms with van der Waals surface area (Å²) in [5.74, 6) is 0.491. The second-order valence-corrected chi connectivity index (χ2v) is 5.43. The minimum absolute atomic E-state index is 0. The highest BCUT2D eigenvalue weighted by molar-refractivity contribution is 14.0. The third-order valence-electron chi connectivity index (χ3n) is 3.62. The molecular formula is C16H27IN6. The van der Waals surface area contributed by atoms with Crippen LogP contribution in [0.15, 0.2) is 29.5 Å². The number of hydrogen-bond acceptors (Lipinski definition) is 3. The molecule has 0 amide bonds. The molecule has 0 aliphatic heterocycles. The van der Waals surface area contributed by atoms with Crippen molar-refractivity contribution < 1.29 is 0 Å². The number of hydrogen-bond donors (Lipinski definition) is 2. The lowest BCUT2D eigenvalue weighted by Gasteiger charge is -2.06. The molecule has 0 aromatic carbocycles. The van der Waals surface area contributed by atoms with Gasteiger partial charge < -0.3 is 11.1 Å². The zero-order valence-electron chi connectivity index (χ0n) is 13.7. The van der Waals surface area contributed by atoms with Crippen LogP contribution >= 0.6 is 24.0 Å². The standard InChI is InChI=1S/C16H26N6.HI/c1-2-3-4-5-6-7-10-19-16(17)20-13-14-8-11-18-15-9-12-21-22(14)15;/h8-9,11-12H,2-7,10,13H2,1H3,(H3,17,19,20);1H. The van der Waals surface area contributed by atoms with E-state index in [-0.39, 0.29) is 24.0 Å². The molecule has 2 rings (SSSR count). The van der Waals surface area contributed by atoms with E-state index in [1.165, 1.54) is 32.1 Å². The molecule has 3 N–H and O–H groups in total. The van der Waals surface area contributed by atoms with Crippen molar-refractivity contribution in [1.82, 2.24) is 19.9 Å². The Bertz CT molecular complexity index is 595. The maximum Gasteiger partial charge on any atom is 0.188 e. The molecule has 0 radical (unpaired) electrons. The summed E-state index contributed by atoms with van der Waals surface area (Å²) in [6.45, 7) is 3.61. The maximum absolute atomic E-state index is 5.90. The first-order valence-corrected chi connectivity index (χ1v) is 8.12. The first-order chi connectivity index (χ1) is 10.8. The van der Waals surface area contributed by atoms with Gasteiger partial charge in [-0.3, -0.25) is 0 Å². The van der Waals surface area contributed by atoms with E-state index in [1.54, 1.807) is 16.9 Å². The lowest BCUT2D eigenvalue weighted by molar-refractivity contribution is 0.601. The Kier molecular flexibility index (Phi) is 9.58. The Morgan fingerprint density at radius 3 is 2.78 bits per heavy atom. The van der Waals surface area contributed by atoms with E-state index in [0.29, 0.717) is 12.5 Å². The number of nitrogens with two attached hydrogens (primary N) is 1. The highest BCUT2D eigenvalue weighted by Crippen LogP contribution is 2.05. The fraction of sp³-hybridized carbons (Fsp3) is 0.562. The Morgan fingerprint density at radius 1 is 1.17 bits per heavy atom. The zero-order valence-corrected chi connectivity index (χ0v) is 16.1. The van der Waals surface area contributed by atoms with Crippen LogP contribution in [0.4, 0.5) is 0 Å².